The van der Waals surface area contributed by atoms with Crippen molar-refractivity contribution >= 4 is 40.4 Å². The Balaban J connectivity index is 1.83. The number of hydrogen-bond donors (Lipinski definition) is 0. The minimum atomic E-state index is 0.549. The summed E-state index contributed by atoms with van der Waals surface area (Å²) in [6.07, 6.45) is 3.95. The molecular weight excluding hydrogens is 414 g/mol. The summed E-state index contributed by atoms with van der Waals surface area (Å²) in [4.78, 5) is 4.83. The summed E-state index contributed by atoms with van der Waals surface area (Å²) in [6, 6.07) is 26.6. The molecule has 0 saturated heterocycles. The minimum absolute atomic E-state index is 0.549. The van der Waals surface area contributed by atoms with Gasteiger partial charge in [-0.2, -0.15) is 5.26 Å². The van der Waals surface area contributed by atoms with Crippen LogP contribution < -0.4 is 0 Å². The van der Waals surface area contributed by atoms with Crippen LogP contribution in [0.4, 0.5) is 0 Å². The average Bonchev–Trinajstić information content (AvgIpc) is 3.15. The van der Waals surface area contributed by atoms with E-state index in [9.17, 15) is 5.26 Å². The van der Waals surface area contributed by atoms with E-state index < -0.39 is 0 Å². The first-order valence-corrected chi connectivity index (χ1v) is 10.8. The molecule has 154 valence electrons. The van der Waals surface area contributed by atoms with Gasteiger partial charge >= 0.3 is 0 Å². The first kappa shape index (κ1) is 20.1. The lowest BCUT2D eigenvalue weighted by Crippen LogP contribution is -1.98. The van der Waals surface area contributed by atoms with E-state index in [2.05, 4.69) is 48.6 Å². The maximum atomic E-state index is 10.1. The standard InChI is InChI=1S/C28H20ClN3/c1-18-12-19(2)14-22(13-18)27-16-21(11-10-20-6-5-7-23(29)15-20)24(17-30)28-31-25-8-3-4-9-26(25)32(27)28/h3-16H,1-2H3/b11-10+. The van der Waals surface area contributed by atoms with E-state index in [1.54, 1.807) is 0 Å². The van der Waals surface area contributed by atoms with Crippen molar-refractivity contribution in [3.05, 3.63) is 106 Å². The second-order valence-corrected chi connectivity index (χ2v) is 8.43. The Labute approximate surface area is 191 Å². The summed E-state index contributed by atoms with van der Waals surface area (Å²) in [6.45, 7) is 4.20. The van der Waals surface area contributed by atoms with Crippen LogP contribution in [0.25, 0.3) is 40.1 Å². The molecule has 0 radical (unpaired) electrons. The van der Waals surface area contributed by atoms with Crippen LogP contribution in [-0.2, 0) is 0 Å². The minimum Gasteiger partial charge on any atom is -0.291 e. The molecule has 0 saturated carbocycles. The van der Waals surface area contributed by atoms with Crippen molar-refractivity contribution in [2.24, 2.45) is 0 Å². The molecule has 4 heteroatoms. The van der Waals surface area contributed by atoms with Gasteiger partial charge in [-0.1, -0.05) is 65.2 Å². The predicted molar refractivity (Wildman–Crippen MR) is 133 cm³/mol. The lowest BCUT2D eigenvalue weighted by atomic mass is 10.0. The molecule has 0 aliphatic carbocycles. The molecule has 3 nitrogen and oxygen atoms in total. The monoisotopic (exact) mass is 433 g/mol. The zero-order valence-corrected chi connectivity index (χ0v) is 18.6. The van der Waals surface area contributed by atoms with Gasteiger partial charge in [0, 0.05) is 5.02 Å². The molecule has 0 spiro atoms. The van der Waals surface area contributed by atoms with Crippen molar-refractivity contribution in [3.63, 3.8) is 0 Å². The van der Waals surface area contributed by atoms with Gasteiger partial charge in [-0.15, -0.1) is 0 Å². The number of benzene rings is 3. The topological polar surface area (TPSA) is 41.1 Å². The van der Waals surface area contributed by atoms with Crippen molar-refractivity contribution in [1.29, 1.82) is 5.26 Å². The Kier molecular flexibility index (Phi) is 5.01. The van der Waals surface area contributed by atoms with E-state index in [1.165, 1.54) is 11.1 Å². The third-order valence-corrected chi connectivity index (χ3v) is 5.77. The van der Waals surface area contributed by atoms with Crippen LogP contribution in [-0.4, -0.2) is 9.38 Å². The number of halogens is 1. The molecule has 2 aromatic heterocycles. The number of para-hydroxylation sites is 2. The zero-order chi connectivity index (χ0) is 22.2. The summed E-state index contributed by atoms with van der Waals surface area (Å²) < 4.78 is 2.10. The molecule has 32 heavy (non-hydrogen) atoms. The highest BCUT2D eigenvalue weighted by Crippen LogP contribution is 2.32. The highest BCUT2D eigenvalue weighted by atomic mass is 35.5. The quantitative estimate of drug-likeness (QED) is 0.296. The van der Waals surface area contributed by atoms with Gasteiger partial charge in [0.1, 0.15) is 11.6 Å². The molecule has 0 atom stereocenters. The van der Waals surface area contributed by atoms with Gasteiger partial charge in [-0.25, -0.2) is 4.98 Å². The normalized spacial score (nSPS) is 11.4. The van der Waals surface area contributed by atoms with Crippen molar-refractivity contribution < 1.29 is 0 Å². The molecule has 0 amide bonds. The number of imidazole rings is 1. The van der Waals surface area contributed by atoms with E-state index >= 15 is 0 Å². The molecular formula is C28H20ClN3. The largest absolute Gasteiger partial charge is 0.291 e. The number of aromatic nitrogens is 2. The Bertz CT molecular complexity index is 1550. The van der Waals surface area contributed by atoms with E-state index in [-0.39, 0.29) is 0 Å². The highest BCUT2D eigenvalue weighted by molar-refractivity contribution is 6.30. The van der Waals surface area contributed by atoms with Gasteiger partial charge in [0.2, 0.25) is 0 Å². The third-order valence-electron chi connectivity index (χ3n) is 5.54. The first-order valence-electron chi connectivity index (χ1n) is 10.4. The van der Waals surface area contributed by atoms with Crippen LogP contribution in [0, 0.1) is 25.2 Å². The molecule has 0 aliphatic rings. The van der Waals surface area contributed by atoms with Gasteiger partial charge in [0.05, 0.1) is 16.7 Å². The van der Waals surface area contributed by atoms with Crippen LogP contribution in [0.3, 0.4) is 0 Å². The summed E-state index contributed by atoms with van der Waals surface area (Å²) in [5, 5.41) is 10.8. The van der Waals surface area contributed by atoms with Gasteiger partial charge in [0.15, 0.2) is 5.65 Å². The molecule has 0 fully saturated rings. The van der Waals surface area contributed by atoms with Crippen LogP contribution in [0.1, 0.15) is 27.8 Å². The number of aryl methyl sites for hydroxylation is 2. The fourth-order valence-electron chi connectivity index (χ4n) is 4.23. The number of fused-ring (bicyclic) bond motifs is 3. The van der Waals surface area contributed by atoms with Crippen molar-refractivity contribution in [3.8, 4) is 17.3 Å². The summed E-state index contributed by atoms with van der Waals surface area (Å²) in [5.74, 6) is 0. The van der Waals surface area contributed by atoms with E-state index in [1.807, 2.05) is 60.7 Å². The molecule has 2 heterocycles. The number of pyridine rings is 1. The lowest BCUT2D eigenvalue weighted by Gasteiger charge is -2.12. The molecule has 5 aromatic rings. The van der Waals surface area contributed by atoms with Crippen LogP contribution in [0.2, 0.25) is 5.02 Å². The fraction of sp³-hybridized carbons (Fsp3) is 0.0714. The Morgan fingerprint density at radius 2 is 1.69 bits per heavy atom. The van der Waals surface area contributed by atoms with Crippen molar-refractivity contribution in [1.82, 2.24) is 9.38 Å². The molecule has 0 bridgehead atoms. The van der Waals surface area contributed by atoms with Crippen molar-refractivity contribution in [2.75, 3.05) is 0 Å². The molecule has 0 aliphatic heterocycles. The van der Waals surface area contributed by atoms with Crippen LogP contribution in [0.15, 0.2) is 72.8 Å². The number of hydrogen-bond acceptors (Lipinski definition) is 2. The SMILES string of the molecule is Cc1cc(C)cc(-c2cc(/C=C/c3cccc(Cl)c3)c(C#N)c3nc4ccccc4n23)c1. The van der Waals surface area contributed by atoms with Crippen LogP contribution >= 0.6 is 11.6 Å². The van der Waals surface area contributed by atoms with Gasteiger partial charge in [0.25, 0.3) is 0 Å². The third kappa shape index (κ3) is 3.56. The fourth-order valence-corrected chi connectivity index (χ4v) is 4.43. The van der Waals surface area contributed by atoms with Gasteiger partial charge < -0.3 is 0 Å². The summed E-state index contributed by atoms with van der Waals surface area (Å²) in [7, 11) is 0. The van der Waals surface area contributed by atoms with Crippen molar-refractivity contribution in [2.45, 2.75) is 13.8 Å². The summed E-state index contributed by atoms with van der Waals surface area (Å²) in [5.41, 5.74) is 9.35. The number of nitrogens with zero attached hydrogens (tertiary/aromatic N) is 3. The predicted octanol–water partition coefficient (Wildman–Crippen LogP) is 7.47. The molecule has 0 N–H and O–H groups in total. The Morgan fingerprint density at radius 3 is 2.44 bits per heavy atom. The maximum absolute atomic E-state index is 10.1. The molecule has 0 unspecified atom stereocenters. The van der Waals surface area contributed by atoms with Gasteiger partial charge in [-0.3, -0.25) is 4.40 Å². The van der Waals surface area contributed by atoms with Gasteiger partial charge in [-0.05, 0) is 73.0 Å². The zero-order valence-electron chi connectivity index (χ0n) is 17.8. The first-order chi connectivity index (χ1) is 15.5. The Morgan fingerprint density at radius 1 is 0.906 bits per heavy atom. The van der Waals surface area contributed by atoms with E-state index in [4.69, 9.17) is 16.6 Å². The Hall–Kier alpha value is -3.87. The lowest BCUT2D eigenvalue weighted by molar-refractivity contribution is 1.21. The second-order valence-electron chi connectivity index (χ2n) is 8.00. The highest BCUT2D eigenvalue weighted by Gasteiger charge is 2.17. The van der Waals surface area contributed by atoms with E-state index in [0.29, 0.717) is 16.2 Å². The maximum Gasteiger partial charge on any atom is 0.157 e. The van der Waals surface area contributed by atoms with E-state index in [0.717, 1.165) is 33.4 Å². The number of rotatable bonds is 3. The smallest absolute Gasteiger partial charge is 0.157 e. The second kappa shape index (κ2) is 8.00. The number of nitriles is 1. The molecule has 3 aromatic carbocycles. The summed E-state index contributed by atoms with van der Waals surface area (Å²) >= 11 is 6.14. The average molecular weight is 434 g/mol. The van der Waals surface area contributed by atoms with Crippen LogP contribution in [0.5, 0.6) is 0 Å². The molecule has 5 rings (SSSR count).